The van der Waals surface area contributed by atoms with Crippen molar-refractivity contribution in [1.82, 2.24) is 9.88 Å². The molecule has 1 saturated heterocycles. The molecule has 158 valence electrons. The Kier molecular flexibility index (Phi) is 5.04. The fraction of sp³-hybridized carbons (Fsp3) is 0.0769. The van der Waals surface area contributed by atoms with Crippen molar-refractivity contribution in [2.24, 2.45) is 0 Å². The zero-order valence-corrected chi connectivity index (χ0v) is 18.1. The molecule has 1 aromatic heterocycles. The summed E-state index contributed by atoms with van der Waals surface area (Å²) in [6, 6.07) is 24.5. The van der Waals surface area contributed by atoms with Crippen LogP contribution in [0.15, 0.2) is 84.6 Å². The number of amides is 3. The summed E-state index contributed by atoms with van der Waals surface area (Å²) in [4.78, 5) is 26.8. The van der Waals surface area contributed by atoms with Crippen molar-refractivity contribution in [3.05, 3.63) is 106 Å². The number of halogens is 1. The summed E-state index contributed by atoms with van der Waals surface area (Å²) in [6.45, 7) is 2.75. The molecule has 6 heteroatoms. The van der Waals surface area contributed by atoms with Crippen LogP contribution < -0.4 is 10.2 Å². The minimum Gasteiger partial charge on any atom is -0.340 e. The van der Waals surface area contributed by atoms with Gasteiger partial charge in [-0.05, 0) is 42.8 Å². The molecule has 4 aromatic rings. The van der Waals surface area contributed by atoms with Gasteiger partial charge in [-0.15, -0.1) is 0 Å². The molecule has 0 spiro atoms. The SMILES string of the molecule is Cc1c(/C=C2/NC(=O)N(c3cccc(Cl)c3)C2=O)c2ccccc2n1Cc1ccccc1. The maximum absolute atomic E-state index is 13.1. The molecule has 1 aliphatic rings. The van der Waals surface area contributed by atoms with Crippen LogP contribution in [0, 0.1) is 6.92 Å². The Hall–Kier alpha value is -3.83. The summed E-state index contributed by atoms with van der Waals surface area (Å²) < 4.78 is 2.23. The lowest BCUT2D eigenvalue weighted by Crippen LogP contribution is -2.30. The van der Waals surface area contributed by atoms with Gasteiger partial charge in [0.15, 0.2) is 0 Å². The number of anilines is 1. The summed E-state index contributed by atoms with van der Waals surface area (Å²) in [6.07, 6.45) is 1.77. The second-order valence-corrected chi connectivity index (χ2v) is 8.13. The van der Waals surface area contributed by atoms with Crippen LogP contribution in [0.5, 0.6) is 0 Å². The predicted molar refractivity (Wildman–Crippen MR) is 128 cm³/mol. The lowest BCUT2D eigenvalue weighted by molar-refractivity contribution is -0.113. The van der Waals surface area contributed by atoms with Crippen molar-refractivity contribution in [3.8, 4) is 0 Å². The van der Waals surface area contributed by atoms with Gasteiger partial charge in [0.05, 0.1) is 5.69 Å². The van der Waals surface area contributed by atoms with Crippen molar-refractivity contribution >= 4 is 46.2 Å². The first-order chi connectivity index (χ1) is 15.5. The molecule has 0 radical (unpaired) electrons. The zero-order valence-electron chi connectivity index (χ0n) is 17.4. The van der Waals surface area contributed by atoms with Crippen molar-refractivity contribution in [3.63, 3.8) is 0 Å². The number of benzene rings is 3. The molecule has 0 saturated carbocycles. The Morgan fingerprint density at radius 1 is 0.938 bits per heavy atom. The first-order valence-corrected chi connectivity index (χ1v) is 10.6. The number of nitrogens with one attached hydrogen (secondary N) is 1. The molecule has 1 fully saturated rings. The largest absolute Gasteiger partial charge is 0.340 e. The van der Waals surface area contributed by atoms with Gasteiger partial charge in [-0.2, -0.15) is 0 Å². The highest BCUT2D eigenvalue weighted by molar-refractivity contribution is 6.32. The van der Waals surface area contributed by atoms with E-state index in [1.54, 1.807) is 30.3 Å². The molecular formula is C26H20ClN3O2. The van der Waals surface area contributed by atoms with Gasteiger partial charge < -0.3 is 9.88 Å². The van der Waals surface area contributed by atoms with Gasteiger partial charge in [-0.3, -0.25) is 4.79 Å². The number of fused-ring (bicyclic) bond motifs is 1. The second-order valence-electron chi connectivity index (χ2n) is 7.70. The highest BCUT2D eigenvalue weighted by Crippen LogP contribution is 2.30. The summed E-state index contributed by atoms with van der Waals surface area (Å²) in [5.74, 6) is -0.406. The third-order valence-electron chi connectivity index (χ3n) is 5.70. The standard InChI is InChI=1S/C26H20ClN3O2/c1-17-22(15-23-25(31)30(26(32)28-23)20-11-7-10-19(27)14-20)21-12-5-6-13-24(21)29(17)16-18-8-3-2-4-9-18/h2-15H,16H2,1H3,(H,28,32)/b23-15+. The van der Waals surface area contributed by atoms with E-state index in [1.165, 1.54) is 5.56 Å². The molecule has 5 rings (SSSR count). The van der Waals surface area contributed by atoms with Gasteiger partial charge in [0.1, 0.15) is 5.70 Å². The average molecular weight is 442 g/mol. The minimum absolute atomic E-state index is 0.237. The van der Waals surface area contributed by atoms with Crippen LogP contribution in [0.3, 0.4) is 0 Å². The average Bonchev–Trinajstić information content (AvgIpc) is 3.22. The highest BCUT2D eigenvalue weighted by Gasteiger charge is 2.35. The minimum atomic E-state index is -0.491. The molecule has 32 heavy (non-hydrogen) atoms. The molecule has 3 aromatic carbocycles. The predicted octanol–water partition coefficient (Wildman–Crippen LogP) is 5.75. The number of hydrogen-bond acceptors (Lipinski definition) is 2. The maximum Gasteiger partial charge on any atom is 0.333 e. The van der Waals surface area contributed by atoms with Crippen molar-refractivity contribution in [2.75, 3.05) is 4.90 Å². The number of carbonyl (C=O) groups is 2. The van der Waals surface area contributed by atoms with E-state index in [4.69, 9.17) is 11.6 Å². The van der Waals surface area contributed by atoms with E-state index in [0.29, 0.717) is 17.3 Å². The summed E-state index contributed by atoms with van der Waals surface area (Å²) in [5.41, 5.74) is 4.86. The zero-order chi connectivity index (χ0) is 22.2. The van der Waals surface area contributed by atoms with Crippen LogP contribution >= 0.6 is 11.6 Å². The molecule has 1 aliphatic heterocycles. The van der Waals surface area contributed by atoms with Crippen LogP contribution in [0.1, 0.15) is 16.8 Å². The fourth-order valence-corrected chi connectivity index (χ4v) is 4.32. The summed E-state index contributed by atoms with van der Waals surface area (Å²) in [5, 5.41) is 4.20. The topological polar surface area (TPSA) is 54.3 Å². The van der Waals surface area contributed by atoms with Gasteiger partial charge >= 0.3 is 6.03 Å². The molecule has 0 unspecified atom stereocenters. The van der Waals surface area contributed by atoms with E-state index < -0.39 is 11.9 Å². The number of hydrogen-bond donors (Lipinski definition) is 1. The van der Waals surface area contributed by atoms with E-state index in [1.807, 2.05) is 43.3 Å². The van der Waals surface area contributed by atoms with E-state index in [9.17, 15) is 9.59 Å². The number of imide groups is 1. The molecular weight excluding hydrogens is 422 g/mol. The smallest absolute Gasteiger partial charge is 0.333 e. The molecule has 0 atom stereocenters. The molecule has 1 N–H and O–H groups in total. The van der Waals surface area contributed by atoms with E-state index in [-0.39, 0.29) is 5.70 Å². The van der Waals surface area contributed by atoms with Gasteiger partial charge in [0.25, 0.3) is 5.91 Å². The number of aromatic nitrogens is 1. The lowest BCUT2D eigenvalue weighted by atomic mass is 10.1. The normalized spacial score (nSPS) is 15.1. The first kappa shape index (κ1) is 20.1. The Balaban J connectivity index is 1.58. The fourth-order valence-electron chi connectivity index (χ4n) is 4.14. The maximum atomic E-state index is 13.1. The first-order valence-electron chi connectivity index (χ1n) is 10.3. The van der Waals surface area contributed by atoms with Crippen LogP contribution in [0.25, 0.3) is 17.0 Å². The third-order valence-corrected chi connectivity index (χ3v) is 5.93. The van der Waals surface area contributed by atoms with Crippen molar-refractivity contribution < 1.29 is 9.59 Å². The molecule has 0 bridgehead atoms. The van der Waals surface area contributed by atoms with Crippen molar-refractivity contribution in [1.29, 1.82) is 0 Å². The Labute approximate surface area is 190 Å². The van der Waals surface area contributed by atoms with Crippen molar-refractivity contribution in [2.45, 2.75) is 13.5 Å². The number of rotatable bonds is 4. The van der Waals surface area contributed by atoms with Crippen LogP contribution in [-0.2, 0) is 11.3 Å². The Morgan fingerprint density at radius 2 is 1.69 bits per heavy atom. The van der Waals surface area contributed by atoms with E-state index >= 15 is 0 Å². The Bertz CT molecular complexity index is 1390. The van der Waals surface area contributed by atoms with E-state index in [2.05, 4.69) is 28.1 Å². The second kappa shape index (κ2) is 8.02. The van der Waals surface area contributed by atoms with Gasteiger partial charge in [-0.25, -0.2) is 9.69 Å². The lowest BCUT2D eigenvalue weighted by Gasteiger charge is -2.11. The Morgan fingerprint density at radius 3 is 2.47 bits per heavy atom. The molecule has 3 amide bonds. The molecule has 0 aliphatic carbocycles. The number of para-hydroxylation sites is 1. The summed E-state index contributed by atoms with van der Waals surface area (Å²) in [7, 11) is 0. The summed E-state index contributed by atoms with van der Waals surface area (Å²) >= 11 is 6.05. The quantitative estimate of drug-likeness (QED) is 0.324. The van der Waals surface area contributed by atoms with Crippen LogP contribution in [-0.4, -0.2) is 16.5 Å². The number of carbonyl (C=O) groups excluding carboxylic acids is 2. The van der Waals surface area contributed by atoms with Crippen LogP contribution in [0.2, 0.25) is 5.02 Å². The van der Waals surface area contributed by atoms with E-state index in [0.717, 1.165) is 27.1 Å². The van der Waals surface area contributed by atoms with Gasteiger partial charge in [-0.1, -0.05) is 66.2 Å². The number of nitrogens with zero attached hydrogens (tertiary/aromatic N) is 2. The molecule has 2 heterocycles. The number of urea groups is 1. The van der Waals surface area contributed by atoms with Crippen LogP contribution in [0.4, 0.5) is 10.5 Å². The molecule has 5 nitrogen and oxygen atoms in total. The highest BCUT2D eigenvalue weighted by atomic mass is 35.5. The third kappa shape index (κ3) is 3.47. The van der Waals surface area contributed by atoms with Gasteiger partial charge in [0, 0.05) is 33.7 Å². The monoisotopic (exact) mass is 441 g/mol. The van der Waals surface area contributed by atoms with Gasteiger partial charge in [0.2, 0.25) is 0 Å².